The number of benzene rings is 1. The lowest BCUT2D eigenvalue weighted by Gasteiger charge is -2.16. The highest BCUT2D eigenvalue weighted by molar-refractivity contribution is 5.94. The van der Waals surface area contributed by atoms with Gasteiger partial charge in [0.25, 0.3) is 5.91 Å². The Labute approximate surface area is 144 Å². The molecule has 0 aliphatic carbocycles. The van der Waals surface area contributed by atoms with Crippen LogP contribution >= 0.6 is 0 Å². The summed E-state index contributed by atoms with van der Waals surface area (Å²) < 4.78 is 14.4. The molecule has 0 spiro atoms. The maximum Gasteiger partial charge on any atom is 0.251 e. The molecule has 25 heavy (non-hydrogen) atoms. The van der Waals surface area contributed by atoms with Crippen molar-refractivity contribution in [2.24, 2.45) is 11.8 Å². The molecule has 2 atom stereocenters. The number of nitrogens with one attached hydrogen (secondary N) is 1. The van der Waals surface area contributed by atoms with Crippen molar-refractivity contribution in [2.45, 2.75) is 13.5 Å². The molecule has 2 aromatic rings. The van der Waals surface area contributed by atoms with Gasteiger partial charge in [0.1, 0.15) is 25.0 Å². The Morgan fingerprint density at radius 3 is 2.72 bits per heavy atom. The predicted molar refractivity (Wildman–Crippen MR) is 88.0 cm³/mol. The Hall–Kier alpha value is -2.77. The summed E-state index contributed by atoms with van der Waals surface area (Å²) in [5, 5.41) is 6.81. The molecule has 1 fully saturated rings. The first-order valence-corrected chi connectivity index (χ1v) is 8.17. The van der Waals surface area contributed by atoms with Crippen LogP contribution in [0.3, 0.4) is 0 Å². The van der Waals surface area contributed by atoms with E-state index in [9.17, 15) is 14.0 Å². The largest absolute Gasteiger partial charge is 0.352 e. The Bertz CT molecular complexity index is 732. The van der Waals surface area contributed by atoms with E-state index < -0.39 is 0 Å². The smallest absolute Gasteiger partial charge is 0.251 e. The lowest BCUT2D eigenvalue weighted by Crippen LogP contribution is -2.34. The zero-order valence-electron chi connectivity index (χ0n) is 13.9. The van der Waals surface area contributed by atoms with Gasteiger partial charge in [-0.2, -0.15) is 5.10 Å². The second-order valence-electron chi connectivity index (χ2n) is 6.35. The van der Waals surface area contributed by atoms with Gasteiger partial charge in [0, 0.05) is 25.2 Å². The third-order valence-corrected chi connectivity index (χ3v) is 4.52. The number of likely N-dealkylation sites (tertiary alicyclic amines) is 1. The van der Waals surface area contributed by atoms with E-state index in [1.54, 1.807) is 4.90 Å². The minimum atomic E-state index is -0.373. The van der Waals surface area contributed by atoms with Crippen LogP contribution in [0.2, 0.25) is 0 Å². The average Bonchev–Trinajstić information content (AvgIpc) is 3.23. The number of amides is 2. The monoisotopic (exact) mass is 345 g/mol. The van der Waals surface area contributed by atoms with Gasteiger partial charge >= 0.3 is 0 Å². The van der Waals surface area contributed by atoms with Gasteiger partial charge in [-0.15, -0.1) is 0 Å². The zero-order chi connectivity index (χ0) is 17.8. The minimum Gasteiger partial charge on any atom is -0.352 e. The van der Waals surface area contributed by atoms with Gasteiger partial charge in [-0.1, -0.05) is 6.92 Å². The third-order valence-electron chi connectivity index (χ3n) is 4.52. The summed E-state index contributed by atoms with van der Waals surface area (Å²) in [6.45, 7) is 3.96. The number of hydrogen-bond donors (Lipinski definition) is 1. The van der Waals surface area contributed by atoms with Crippen LogP contribution in [0, 0.1) is 17.7 Å². The fraction of sp³-hybridized carbons (Fsp3) is 0.412. The summed E-state index contributed by atoms with van der Waals surface area (Å²) in [6, 6.07) is 5.43. The predicted octanol–water partition coefficient (Wildman–Crippen LogP) is 0.942. The average molecular weight is 345 g/mol. The van der Waals surface area contributed by atoms with Gasteiger partial charge in [-0.05, 0) is 36.1 Å². The number of halogens is 1. The number of nitrogens with zero attached hydrogens (tertiary/aromatic N) is 4. The van der Waals surface area contributed by atoms with E-state index in [2.05, 4.69) is 22.3 Å². The van der Waals surface area contributed by atoms with E-state index in [1.165, 1.54) is 41.6 Å². The van der Waals surface area contributed by atoms with Crippen molar-refractivity contribution in [3.8, 4) is 0 Å². The summed E-state index contributed by atoms with van der Waals surface area (Å²) >= 11 is 0. The molecule has 0 bridgehead atoms. The lowest BCUT2D eigenvalue weighted by molar-refractivity contribution is -0.131. The molecule has 132 valence electrons. The summed E-state index contributed by atoms with van der Waals surface area (Å²) in [5.41, 5.74) is 0.422. The molecule has 1 aliphatic rings. The van der Waals surface area contributed by atoms with Gasteiger partial charge in [0.2, 0.25) is 5.91 Å². The van der Waals surface area contributed by atoms with Crippen LogP contribution in [0.5, 0.6) is 0 Å². The van der Waals surface area contributed by atoms with Crippen LogP contribution in [0.1, 0.15) is 17.3 Å². The molecule has 2 amide bonds. The first-order chi connectivity index (χ1) is 12.0. The standard InChI is InChI=1S/C17H20FN5O2/c1-12-7-22(16(24)9-23-11-19-10-21-23)8-14(12)6-20-17(25)13-2-4-15(18)5-3-13/h2-5,10-12,14H,6-9H2,1H3,(H,20,25). The highest BCUT2D eigenvalue weighted by atomic mass is 19.1. The van der Waals surface area contributed by atoms with Crippen LogP contribution in [0.25, 0.3) is 0 Å². The molecule has 1 aliphatic heterocycles. The van der Waals surface area contributed by atoms with Crippen LogP contribution < -0.4 is 5.32 Å². The highest BCUT2D eigenvalue weighted by Gasteiger charge is 2.32. The van der Waals surface area contributed by atoms with Crippen LogP contribution in [-0.4, -0.2) is 51.1 Å². The van der Waals surface area contributed by atoms with E-state index in [4.69, 9.17) is 0 Å². The quantitative estimate of drug-likeness (QED) is 0.875. The summed E-state index contributed by atoms with van der Waals surface area (Å²) in [7, 11) is 0. The number of aromatic nitrogens is 3. The van der Waals surface area contributed by atoms with Gasteiger partial charge in [0.05, 0.1) is 0 Å². The molecule has 2 unspecified atom stereocenters. The number of carbonyl (C=O) groups excluding carboxylic acids is 2. The van der Waals surface area contributed by atoms with E-state index in [0.717, 1.165) is 0 Å². The van der Waals surface area contributed by atoms with Gasteiger partial charge in [-0.3, -0.25) is 9.59 Å². The number of rotatable bonds is 5. The normalized spacial score (nSPS) is 19.8. The van der Waals surface area contributed by atoms with Crippen molar-refractivity contribution >= 4 is 11.8 Å². The van der Waals surface area contributed by atoms with Gasteiger partial charge < -0.3 is 10.2 Å². The maximum atomic E-state index is 12.9. The second-order valence-corrected chi connectivity index (χ2v) is 6.35. The van der Waals surface area contributed by atoms with Crippen LogP contribution in [-0.2, 0) is 11.3 Å². The van der Waals surface area contributed by atoms with Crippen molar-refractivity contribution < 1.29 is 14.0 Å². The van der Waals surface area contributed by atoms with Gasteiger partial charge in [0.15, 0.2) is 0 Å². The molecule has 3 rings (SSSR count). The first-order valence-electron chi connectivity index (χ1n) is 8.17. The van der Waals surface area contributed by atoms with E-state index in [-0.39, 0.29) is 36.0 Å². The number of hydrogen-bond acceptors (Lipinski definition) is 4. The first kappa shape index (κ1) is 17.1. The second kappa shape index (κ2) is 7.42. The van der Waals surface area contributed by atoms with Crippen molar-refractivity contribution in [1.29, 1.82) is 0 Å². The van der Waals surface area contributed by atoms with Crippen LogP contribution in [0.4, 0.5) is 4.39 Å². The van der Waals surface area contributed by atoms with Gasteiger partial charge in [-0.25, -0.2) is 14.1 Å². The Morgan fingerprint density at radius 1 is 1.28 bits per heavy atom. The summed E-state index contributed by atoms with van der Waals surface area (Å²) in [4.78, 5) is 30.0. The van der Waals surface area contributed by atoms with Crippen molar-refractivity contribution in [2.75, 3.05) is 19.6 Å². The van der Waals surface area contributed by atoms with Crippen molar-refractivity contribution in [3.05, 3.63) is 48.3 Å². The Morgan fingerprint density at radius 2 is 2.04 bits per heavy atom. The molecular weight excluding hydrogens is 325 g/mol. The third kappa shape index (κ3) is 4.20. The van der Waals surface area contributed by atoms with E-state index >= 15 is 0 Å². The molecule has 1 N–H and O–H groups in total. The molecule has 1 aromatic heterocycles. The highest BCUT2D eigenvalue weighted by Crippen LogP contribution is 2.22. The molecule has 1 aromatic carbocycles. The molecule has 7 nitrogen and oxygen atoms in total. The van der Waals surface area contributed by atoms with Crippen molar-refractivity contribution in [3.63, 3.8) is 0 Å². The fourth-order valence-corrected chi connectivity index (χ4v) is 2.98. The van der Waals surface area contributed by atoms with Crippen LogP contribution in [0.15, 0.2) is 36.9 Å². The topological polar surface area (TPSA) is 80.1 Å². The lowest BCUT2D eigenvalue weighted by atomic mass is 9.98. The summed E-state index contributed by atoms with van der Waals surface area (Å²) in [6.07, 6.45) is 2.91. The molecule has 1 saturated heterocycles. The molecule has 2 heterocycles. The zero-order valence-corrected chi connectivity index (χ0v) is 13.9. The molecule has 0 saturated carbocycles. The molecule has 0 radical (unpaired) electrons. The Balaban J connectivity index is 1.50. The summed E-state index contributed by atoms with van der Waals surface area (Å²) in [5.74, 6) is -0.149. The SMILES string of the molecule is CC1CN(C(=O)Cn2cncn2)CC1CNC(=O)c1ccc(F)cc1. The van der Waals surface area contributed by atoms with E-state index in [0.29, 0.717) is 25.2 Å². The fourth-order valence-electron chi connectivity index (χ4n) is 2.98. The Kier molecular flexibility index (Phi) is 5.06. The number of carbonyl (C=O) groups is 2. The molecular formula is C17H20FN5O2. The molecule has 8 heteroatoms. The minimum absolute atomic E-state index is 0.00953. The van der Waals surface area contributed by atoms with Crippen molar-refractivity contribution in [1.82, 2.24) is 25.0 Å². The maximum absolute atomic E-state index is 12.9. The van der Waals surface area contributed by atoms with E-state index in [1.807, 2.05) is 0 Å².